The van der Waals surface area contributed by atoms with E-state index in [-0.39, 0.29) is 17.7 Å². The number of aromatic nitrogens is 4. The van der Waals surface area contributed by atoms with E-state index < -0.39 is 0 Å². The molecule has 8 nitrogen and oxygen atoms in total. The zero-order chi connectivity index (χ0) is 16.4. The average molecular weight is 319 g/mol. The highest BCUT2D eigenvalue weighted by Crippen LogP contribution is 2.32. The lowest BCUT2D eigenvalue weighted by atomic mass is 9.97. The number of hydrogen-bond acceptors (Lipinski definition) is 6. The van der Waals surface area contributed by atoms with E-state index in [2.05, 4.69) is 15.2 Å². The normalized spacial score (nSPS) is 21.1. The lowest BCUT2D eigenvalue weighted by Gasteiger charge is -2.14. The summed E-state index contributed by atoms with van der Waals surface area (Å²) < 4.78 is 12.3. The highest BCUT2D eigenvalue weighted by molar-refractivity contribution is 5.94. The summed E-state index contributed by atoms with van der Waals surface area (Å²) in [6.07, 6.45) is 3.39. The molecular weight excluding hydrogens is 298 g/mol. The van der Waals surface area contributed by atoms with Crippen LogP contribution in [0.1, 0.15) is 34.9 Å². The molecule has 3 rings (SSSR count). The van der Waals surface area contributed by atoms with Crippen LogP contribution in [0.3, 0.4) is 0 Å². The van der Waals surface area contributed by atoms with E-state index in [1.54, 1.807) is 31.1 Å². The molecule has 1 aliphatic heterocycles. The van der Waals surface area contributed by atoms with Crippen molar-refractivity contribution in [2.75, 3.05) is 26.8 Å². The van der Waals surface area contributed by atoms with Gasteiger partial charge in [0.05, 0.1) is 24.3 Å². The average Bonchev–Trinajstić information content (AvgIpc) is 3.25. The van der Waals surface area contributed by atoms with Crippen molar-refractivity contribution in [1.82, 2.24) is 24.8 Å². The van der Waals surface area contributed by atoms with Gasteiger partial charge < -0.3 is 14.2 Å². The van der Waals surface area contributed by atoms with Crippen molar-refractivity contribution in [1.29, 1.82) is 0 Å². The van der Waals surface area contributed by atoms with Crippen LogP contribution >= 0.6 is 0 Å². The molecule has 0 saturated carbocycles. The molecular formula is C15H21N5O3. The molecule has 1 aliphatic rings. The second-order valence-corrected chi connectivity index (χ2v) is 5.80. The summed E-state index contributed by atoms with van der Waals surface area (Å²) in [6.45, 7) is 6.21. The van der Waals surface area contributed by atoms with Crippen LogP contribution < -0.4 is 0 Å². The van der Waals surface area contributed by atoms with Crippen molar-refractivity contribution < 1.29 is 14.1 Å². The first-order valence-corrected chi connectivity index (χ1v) is 7.73. The van der Waals surface area contributed by atoms with E-state index in [4.69, 9.17) is 9.26 Å². The van der Waals surface area contributed by atoms with Gasteiger partial charge in [0.25, 0.3) is 5.91 Å². The summed E-state index contributed by atoms with van der Waals surface area (Å²) in [7, 11) is 1.66. The number of hydrogen-bond donors (Lipinski definition) is 0. The second-order valence-electron chi connectivity index (χ2n) is 5.80. The highest BCUT2D eigenvalue weighted by Gasteiger charge is 2.39. The topological polar surface area (TPSA) is 86.3 Å². The molecule has 0 N–H and O–H groups in total. The van der Waals surface area contributed by atoms with Crippen LogP contribution in [0.4, 0.5) is 0 Å². The van der Waals surface area contributed by atoms with Crippen LogP contribution in [0.15, 0.2) is 16.9 Å². The standard InChI is InChI=1S/C15H21N5O3/c1-4-20-7-11(5-16-20)15(21)19-6-12(9-22-3)13(8-19)14-17-10(2)18-23-14/h5,7,12-13H,4,6,8-9H2,1-3H3/t12-,13+/m0/s1. The van der Waals surface area contributed by atoms with E-state index in [9.17, 15) is 4.79 Å². The van der Waals surface area contributed by atoms with E-state index in [1.165, 1.54) is 0 Å². The molecule has 1 amide bonds. The minimum atomic E-state index is -0.0236. The van der Waals surface area contributed by atoms with Gasteiger partial charge in [-0.25, -0.2) is 0 Å². The highest BCUT2D eigenvalue weighted by atomic mass is 16.5. The van der Waals surface area contributed by atoms with Gasteiger partial charge in [-0.2, -0.15) is 10.1 Å². The van der Waals surface area contributed by atoms with Crippen molar-refractivity contribution >= 4 is 5.91 Å². The van der Waals surface area contributed by atoms with E-state index in [0.29, 0.717) is 37.0 Å². The minimum Gasteiger partial charge on any atom is -0.384 e. The van der Waals surface area contributed by atoms with Gasteiger partial charge in [-0.3, -0.25) is 9.48 Å². The first-order chi connectivity index (χ1) is 11.1. The molecule has 0 spiro atoms. The summed E-state index contributed by atoms with van der Waals surface area (Å²) in [5.41, 5.74) is 0.602. The van der Waals surface area contributed by atoms with Crippen LogP contribution in [-0.2, 0) is 11.3 Å². The van der Waals surface area contributed by atoms with Crippen LogP contribution in [-0.4, -0.2) is 57.5 Å². The second kappa shape index (κ2) is 6.49. The quantitative estimate of drug-likeness (QED) is 0.820. The lowest BCUT2D eigenvalue weighted by Crippen LogP contribution is -2.29. The lowest BCUT2D eigenvalue weighted by molar-refractivity contribution is 0.0775. The van der Waals surface area contributed by atoms with Crippen LogP contribution in [0, 0.1) is 12.8 Å². The van der Waals surface area contributed by atoms with Gasteiger partial charge >= 0.3 is 0 Å². The summed E-state index contributed by atoms with van der Waals surface area (Å²) in [4.78, 5) is 18.8. The largest absolute Gasteiger partial charge is 0.384 e. The fraction of sp³-hybridized carbons (Fsp3) is 0.600. The Kier molecular flexibility index (Phi) is 4.42. The number of aryl methyl sites for hydroxylation is 2. The predicted molar refractivity (Wildman–Crippen MR) is 80.9 cm³/mol. The Morgan fingerprint density at radius 2 is 2.30 bits per heavy atom. The smallest absolute Gasteiger partial charge is 0.257 e. The Morgan fingerprint density at radius 1 is 1.48 bits per heavy atom. The Labute approximate surface area is 134 Å². The Hall–Kier alpha value is -2.22. The molecule has 2 aromatic rings. The first kappa shape index (κ1) is 15.7. The predicted octanol–water partition coefficient (Wildman–Crippen LogP) is 1.10. The van der Waals surface area contributed by atoms with Gasteiger partial charge in [-0.05, 0) is 13.8 Å². The molecule has 8 heteroatoms. The molecule has 0 aromatic carbocycles. The maximum Gasteiger partial charge on any atom is 0.257 e. The molecule has 3 heterocycles. The Balaban J connectivity index is 1.77. The Morgan fingerprint density at radius 3 is 2.91 bits per heavy atom. The zero-order valence-corrected chi connectivity index (χ0v) is 13.6. The van der Waals surface area contributed by atoms with Crippen LogP contribution in [0.5, 0.6) is 0 Å². The van der Waals surface area contributed by atoms with E-state index in [1.807, 2.05) is 11.8 Å². The molecule has 23 heavy (non-hydrogen) atoms. The molecule has 2 atom stereocenters. The molecule has 0 radical (unpaired) electrons. The summed E-state index contributed by atoms with van der Waals surface area (Å²) in [6, 6.07) is 0. The third-order valence-electron chi connectivity index (χ3n) is 4.17. The molecule has 124 valence electrons. The summed E-state index contributed by atoms with van der Waals surface area (Å²) in [5.74, 6) is 1.30. The van der Waals surface area contributed by atoms with Crippen molar-refractivity contribution in [2.24, 2.45) is 5.92 Å². The third kappa shape index (κ3) is 3.12. The van der Waals surface area contributed by atoms with Gasteiger partial charge in [0.1, 0.15) is 0 Å². The summed E-state index contributed by atoms with van der Waals surface area (Å²) >= 11 is 0. The number of carbonyl (C=O) groups excluding carboxylic acids is 1. The minimum absolute atomic E-state index is 0.00122. The fourth-order valence-electron chi connectivity index (χ4n) is 2.99. The molecule has 2 aromatic heterocycles. The van der Waals surface area contributed by atoms with Gasteiger partial charge in [-0.15, -0.1) is 0 Å². The van der Waals surface area contributed by atoms with Crippen molar-refractivity contribution in [2.45, 2.75) is 26.3 Å². The number of nitrogens with zero attached hydrogens (tertiary/aromatic N) is 5. The fourth-order valence-corrected chi connectivity index (χ4v) is 2.99. The monoisotopic (exact) mass is 319 g/mol. The summed E-state index contributed by atoms with van der Waals surface area (Å²) in [5, 5.41) is 8.02. The van der Waals surface area contributed by atoms with Gasteiger partial charge in [0, 0.05) is 38.9 Å². The number of likely N-dealkylation sites (tertiary alicyclic amines) is 1. The first-order valence-electron chi connectivity index (χ1n) is 7.73. The maximum absolute atomic E-state index is 12.7. The number of amides is 1. The van der Waals surface area contributed by atoms with Gasteiger partial charge in [-0.1, -0.05) is 5.16 Å². The zero-order valence-electron chi connectivity index (χ0n) is 13.6. The maximum atomic E-state index is 12.7. The number of methoxy groups -OCH3 is 1. The molecule has 1 saturated heterocycles. The number of ether oxygens (including phenoxy) is 1. The van der Waals surface area contributed by atoms with Gasteiger partial charge in [0.2, 0.25) is 5.89 Å². The molecule has 0 aliphatic carbocycles. The van der Waals surface area contributed by atoms with Crippen molar-refractivity contribution in [3.8, 4) is 0 Å². The van der Waals surface area contributed by atoms with Crippen LogP contribution in [0.2, 0.25) is 0 Å². The SMILES string of the molecule is CCn1cc(C(=O)N2C[C@@H](COC)[C@H](c3nc(C)no3)C2)cn1. The molecule has 0 bridgehead atoms. The van der Waals surface area contributed by atoms with E-state index >= 15 is 0 Å². The molecule has 0 unspecified atom stereocenters. The third-order valence-corrected chi connectivity index (χ3v) is 4.17. The van der Waals surface area contributed by atoms with Crippen molar-refractivity contribution in [3.05, 3.63) is 29.7 Å². The van der Waals surface area contributed by atoms with Crippen molar-refractivity contribution in [3.63, 3.8) is 0 Å². The number of carbonyl (C=O) groups is 1. The van der Waals surface area contributed by atoms with Gasteiger partial charge in [0.15, 0.2) is 5.82 Å². The van der Waals surface area contributed by atoms with Crippen LogP contribution in [0.25, 0.3) is 0 Å². The molecule has 1 fully saturated rings. The number of rotatable bonds is 5. The van der Waals surface area contributed by atoms with E-state index in [0.717, 1.165) is 6.54 Å². The Bertz CT molecular complexity index is 680.